The first kappa shape index (κ1) is 19.1. The lowest BCUT2D eigenvalue weighted by molar-refractivity contribution is 0.0734. The summed E-state index contributed by atoms with van der Waals surface area (Å²) in [6, 6.07) is 10.9. The summed E-state index contributed by atoms with van der Waals surface area (Å²) in [6.45, 7) is 4.68. The van der Waals surface area contributed by atoms with E-state index in [1.165, 1.54) is 6.07 Å². The molecular formula is C23H19BrFN3O2. The van der Waals surface area contributed by atoms with Crippen molar-refractivity contribution in [2.75, 3.05) is 6.54 Å². The molecule has 0 radical (unpaired) electrons. The molecule has 1 N–H and O–H groups in total. The van der Waals surface area contributed by atoms with E-state index in [2.05, 4.69) is 26.1 Å². The molecule has 30 heavy (non-hydrogen) atoms. The molecule has 7 heteroatoms. The van der Waals surface area contributed by atoms with Gasteiger partial charge in [0.15, 0.2) is 0 Å². The summed E-state index contributed by atoms with van der Waals surface area (Å²) in [6.07, 6.45) is 0.645. The first-order chi connectivity index (χ1) is 14.4. The smallest absolute Gasteiger partial charge is 0.260 e. The fourth-order valence-electron chi connectivity index (χ4n) is 4.23. The minimum absolute atomic E-state index is 0.124. The number of carbonyl (C=O) groups is 1. The fourth-order valence-corrected chi connectivity index (χ4v) is 4.50. The lowest BCUT2D eigenvalue weighted by Crippen LogP contribution is -2.36. The molecule has 5 nitrogen and oxygen atoms in total. The average molecular weight is 468 g/mol. The number of amides is 1. The van der Waals surface area contributed by atoms with E-state index in [1.54, 1.807) is 17.9 Å². The van der Waals surface area contributed by atoms with Crippen LogP contribution in [0.3, 0.4) is 0 Å². The summed E-state index contributed by atoms with van der Waals surface area (Å²) in [7, 11) is 0. The number of H-pyrrole nitrogens is 1. The van der Waals surface area contributed by atoms with Gasteiger partial charge in [0.2, 0.25) is 0 Å². The van der Waals surface area contributed by atoms with Crippen LogP contribution < -0.4 is 0 Å². The standard InChI is InChI=1S/C23H19BrFN3O2/c1-12-3-8-17(25)22-19(12)16-11-28(10-9-18(16)26-22)23(29)20-13(2)30-27-21(20)14-4-6-15(24)7-5-14/h3-8,26H,9-11H2,1-2H3. The predicted molar refractivity (Wildman–Crippen MR) is 116 cm³/mol. The highest BCUT2D eigenvalue weighted by molar-refractivity contribution is 9.10. The van der Waals surface area contributed by atoms with Crippen molar-refractivity contribution in [3.63, 3.8) is 0 Å². The number of hydrogen-bond donors (Lipinski definition) is 1. The van der Waals surface area contributed by atoms with Gasteiger partial charge in [-0.25, -0.2) is 4.39 Å². The molecule has 0 spiro atoms. The third-order valence-electron chi connectivity index (χ3n) is 5.77. The first-order valence-corrected chi connectivity index (χ1v) is 10.5. The number of aromatic amines is 1. The zero-order valence-electron chi connectivity index (χ0n) is 16.6. The highest BCUT2D eigenvalue weighted by Gasteiger charge is 2.30. The number of carbonyl (C=O) groups excluding carboxylic acids is 1. The van der Waals surface area contributed by atoms with Gasteiger partial charge < -0.3 is 14.4 Å². The fraction of sp³-hybridized carbons (Fsp3) is 0.217. The van der Waals surface area contributed by atoms with Crippen LogP contribution >= 0.6 is 15.9 Å². The lowest BCUT2D eigenvalue weighted by atomic mass is 9.99. The summed E-state index contributed by atoms with van der Waals surface area (Å²) in [5.41, 5.74) is 5.33. The Hall–Kier alpha value is -2.93. The highest BCUT2D eigenvalue weighted by Crippen LogP contribution is 2.34. The SMILES string of the molecule is Cc1onc(-c2ccc(Br)cc2)c1C(=O)N1CCc2[nH]c3c(F)ccc(C)c3c2C1. The second kappa shape index (κ2) is 7.09. The monoisotopic (exact) mass is 467 g/mol. The van der Waals surface area contributed by atoms with Crippen molar-refractivity contribution in [1.82, 2.24) is 15.0 Å². The van der Waals surface area contributed by atoms with Crippen molar-refractivity contribution in [3.05, 3.63) is 74.8 Å². The number of nitrogens with zero attached hydrogens (tertiary/aromatic N) is 2. The molecule has 152 valence electrons. The van der Waals surface area contributed by atoms with Gasteiger partial charge in [-0.2, -0.15) is 0 Å². The molecule has 1 aliphatic rings. The van der Waals surface area contributed by atoms with Gasteiger partial charge in [-0.3, -0.25) is 4.79 Å². The third-order valence-corrected chi connectivity index (χ3v) is 6.30. The van der Waals surface area contributed by atoms with Crippen molar-refractivity contribution in [2.45, 2.75) is 26.8 Å². The van der Waals surface area contributed by atoms with Crippen molar-refractivity contribution in [3.8, 4) is 11.3 Å². The number of nitrogens with one attached hydrogen (secondary N) is 1. The lowest BCUT2D eigenvalue weighted by Gasteiger charge is -2.27. The van der Waals surface area contributed by atoms with E-state index in [0.717, 1.165) is 32.2 Å². The predicted octanol–water partition coefficient (Wildman–Crippen LogP) is 5.54. The molecule has 0 fully saturated rings. The molecule has 2 aromatic heterocycles. The minimum atomic E-state index is -0.268. The molecule has 0 saturated heterocycles. The van der Waals surface area contributed by atoms with Crippen LogP contribution in [0, 0.1) is 19.7 Å². The molecule has 2 aromatic carbocycles. The largest absolute Gasteiger partial charge is 0.360 e. The van der Waals surface area contributed by atoms with E-state index >= 15 is 0 Å². The van der Waals surface area contributed by atoms with Crippen molar-refractivity contribution in [2.24, 2.45) is 0 Å². The van der Waals surface area contributed by atoms with Crippen LogP contribution in [0.15, 0.2) is 45.4 Å². The van der Waals surface area contributed by atoms with E-state index < -0.39 is 0 Å². The number of hydrogen-bond acceptors (Lipinski definition) is 3. The maximum atomic E-state index is 14.3. The van der Waals surface area contributed by atoms with Gasteiger partial charge in [0.1, 0.15) is 22.8 Å². The van der Waals surface area contributed by atoms with Gasteiger partial charge in [-0.15, -0.1) is 0 Å². The summed E-state index contributed by atoms with van der Waals surface area (Å²) in [5.74, 6) is 0.0980. The molecule has 0 atom stereocenters. The van der Waals surface area contributed by atoms with Crippen molar-refractivity contribution < 1.29 is 13.7 Å². The summed E-state index contributed by atoms with van der Waals surface area (Å²) >= 11 is 3.43. The van der Waals surface area contributed by atoms with E-state index in [1.807, 2.05) is 31.2 Å². The average Bonchev–Trinajstić information content (AvgIpc) is 3.32. The number of benzene rings is 2. The maximum absolute atomic E-state index is 14.3. The second-order valence-electron chi connectivity index (χ2n) is 7.64. The van der Waals surface area contributed by atoms with Crippen molar-refractivity contribution >= 4 is 32.7 Å². The second-order valence-corrected chi connectivity index (χ2v) is 8.56. The zero-order chi connectivity index (χ0) is 21.0. The molecule has 0 saturated carbocycles. The first-order valence-electron chi connectivity index (χ1n) is 9.74. The Bertz CT molecular complexity index is 1290. The number of fused-ring (bicyclic) bond motifs is 3. The molecule has 4 aromatic rings. The molecule has 1 aliphatic heterocycles. The molecule has 5 rings (SSSR count). The molecule has 1 amide bonds. The van der Waals surface area contributed by atoms with E-state index in [-0.39, 0.29) is 11.7 Å². The van der Waals surface area contributed by atoms with Gasteiger partial charge in [-0.1, -0.05) is 39.3 Å². The van der Waals surface area contributed by atoms with Gasteiger partial charge in [-0.05, 0) is 37.6 Å². The Morgan fingerprint density at radius 1 is 1.20 bits per heavy atom. The quantitative estimate of drug-likeness (QED) is 0.420. The molecular weight excluding hydrogens is 449 g/mol. The van der Waals surface area contributed by atoms with E-state index in [9.17, 15) is 9.18 Å². The molecule has 0 aliphatic carbocycles. The Labute approximate surface area is 181 Å². The van der Waals surface area contributed by atoms with Crippen LogP contribution in [0.4, 0.5) is 4.39 Å². The Balaban J connectivity index is 1.53. The van der Waals surface area contributed by atoms with E-state index in [4.69, 9.17) is 4.52 Å². The van der Waals surface area contributed by atoms with E-state index in [0.29, 0.717) is 42.0 Å². The van der Waals surface area contributed by atoms with Gasteiger partial charge in [0.05, 0.1) is 5.52 Å². The topological polar surface area (TPSA) is 62.1 Å². The van der Waals surface area contributed by atoms with Crippen LogP contribution in [0.5, 0.6) is 0 Å². The van der Waals surface area contributed by atoms with Gasteiger partial charge in [0.25, 0.3) is 5.91 Å². The minimum Gasteiger partial charge on any atom is -0.360 e. The number of rotatable bonds is 2. The van der Waals surface area contributed by atoms with Crippen LogP contribution in [0.25, 0.3) is 22.2 Å². The van der Waals surface area contributed by atoms with Crippen LogP contribution in [0.1, 0.15) is 32.9 Å². The van der Waals surface area contributed by atoms with Crippen LogP contribution in [-0.2, 0) is 13.0 Å². The zero-order valence-corrected chi connectivity index (χ0v) is 18.1. The summed E-state index contributed by atoms with van der Waals surface area (Å²) < 4.78 is 20.7. The van der Waals surface area contributed by atoms with Crippen LogP contribution in [0.2, 0.25) is 0 Å². The maximum Gasteiger partial charge on any atom is 0.260 e. The normalized spacial score (nSPS) is 13.7. The van der Waals surface area contributed by atoms with Crippen molar-refractivity contribution in [1.29, 1.82) is 0 Å². The highest BCUT2D eigenvalue weighted by atomic mass is 79.9. The Morgan fingerprint density at radius 2 is 1.97 bits per heavy atom. The third kappa shape index (κ3) is 2.96. The summed E-state index contributed by atoms with van der Waals surface area (Å²) in [5, 5.41) is 5.02. The Morgan fingerprint density at radius 3 is 2.73 bits per heavy atom. The number of halogens is 2. The molecule has 0 unspecified atom stereocenters. The van der Waals surface area contributed by atoms with Gasteiger partial charge >= 0.3 is 0 Å². The van der Waals surface area contributed by atoms with Gasteiger partial charge in [0, 0.05) is 46.2 Å². The Kier molecular flexibility index (Phi) is 4.50. The van der Waals surface area contributed by atoms with Crippen LogP contribution in [-0.4, -0.2) is 27.5 Å². The number of aromatic nitrogens is 2. The number of aryl methyl sites for hydroxylation is 2. The molecule has 3 heterocycles. The summed E-state index contributed by atoms with van der Waals surface area (Å²) in [4.78, 5) is 18.5. The molecule has 0 bridgehead atoms.